The molecule has 0 aliphatic heterocycles. The molecule has 1 heterocycles. The summed E-state index contributed by atoms with van der Waals surface area (Å²) < 4.78 is 5.37. The molecule has 0 aliphatic rings. The molecule has 1 aromatic rings. The first-order chi connectivity index (χ1) is 11.0. The van der Waals surface area contributed by atoms with Gasteiger partial charge in [0.15, 0.2) is 0 Å². The van der Waals surface area contributed by atoms with Gasteiger partial charge in [0.2, 0.25) is 5.91 Å². The van der Waals surface area contributed by atoms with Crippen LogP contribution < -0.4 is 5.32 Å². The lowest BCUT2D eigenvalue weighted by molar-refractivity contribution is -0.149. The number of hydrogen-bond donors (Lipinski definition) is 1. The van der Waals surface area contributed by atoms with Crippen LogP contribution in [0.4, 0.5) is 0 Å². The number of carbonyl (C=O) groups is 2. The van der Waals surface area contributed by atoms with Gasteiger partial charge in [0.1, 0.15) is 6.61 Å². The maximum absolute atomic E-state index is 12.2. The van der Waals surface area contributed by atoms with Crippen molar-refractivity contribution in [3.63, 3.8) is 0 Å². The van der Waals surface area contributed by atoms with E-state index in [2.05, 4.69) is 18.5 Å². The standard InChI is InChI=1S/C18H25NO3S/c1-5-8-13(3)17(20)19-15(16-10-7-11-23-16)12-22-18(21)14(4)9-6-2/h5-7,10-11,13-15H,1-2,8-9,12H2,3-4H3,(H,19,20). The van der Waals surface area contributed by atoms with E-state index >= 15 is 0 Å². The van der Waals surface area contributed by atoms with Crippen molar-refractivity contribution < 1.29 is 14.3 Å². The Balaban J connectivity index is 2.67. The van der Waals surface area contributed by atoms with Crippen molar-refractivity contribution in [2.24, 2.45) is 11.8 Å². The summed E-state index contributed by atoms with van der Waals surface area (Å²) in [7, 11) is 0. The normalized spacial score (nSPS) is 14.3. The number of hydrogen-bond acceptors (Lipinski definition) is 4. The molecule has 0 spiro atoms. The molecule has 0 bridgehead atoms. The smallest absolute Gasteiger partial charge is 0.309 e. The van der Waals surface area contributed by atoms with Crippen LogP contribution >= 0.6 is 11.3 Å². The molecule has 1 amide bonds. The first-order valence-electron chi connectivity index (χ1n) is 7.71. The zero-order valence-electron chi connectivity index (χ0n) is 13.8. The van der Waals surface area contributed by atoms with Gasteiger partial charge >= 0.3 is 5.97 Å². The number of amides is 1. The number of allylic oxidation sites excluding steroid dienone is 2. The monoisotopic (exact) mass is 335 g/mol. The molecule has 1 N–H and O–H groups in total. The first kappa shape index (κ1) is 19.2. The van der Waals surface area contributed by atoms with Crippen LogP contribution in [-0.4, -0.2) is 18.5 Å². The Morgan fingerprint density at radius 3 is 2.48 bits per heavy atom. The molecule has 126 valence electrons. The van der Waals surface area contributed by atoms with Gasteiger partial charge in [0.05, 0.1) is 12.0 Å². The van der Waals surface area contributed by atoms with E-state index in [-0.39, 0.29) is 36.4 Å². The van der Waals surface area contributed by atoms with Gasteiger partial charge in [0.25, 0.3) is 0 Å². The van der Waals surface area contributed by atoms with E-state index in [1.54, 1.807) is 19.1 Å². The van der Waals surface area contributed by atoms with Crippen molar-refractivity contribution in [1.29, 1.82) is 0 Å². The summed E-state index contributed by atoms with van der Waals surface area (Å²) in [5.41, 5.74) is 0. The van der Waals surface area contributed by atoms with E-state index in [1.165, 1.54) is 11.3 Å². The fourth-order valence-electron chi connectivity index (χ4n) is 2.01. The van der Waals surface area contributed by atoms with Gasteiger partial charge in [0, 0.05) is 10.8 Å². The van der Waals surface area contributed by atoms with E-state index in [0.29, 0.717) is 12.8 Å². The van der Waals surface area contributed by atoms with Crippen LogP contribution in [0.25, 0.3) is 0 Å². The second-order valence-corrected chi connectivity index (χ2v) is 6.54. The zero-order valence-corrected chi connectivity index (χ0v) is 14.6. The minimum atomic E-state index is -0.324. The highest BCUT2D eigenvalue weighted by atomic mass is 32.1. The number of nitrogens with one attached hydrogen (secondary N) is 1. The van der Waals surface area contributed by atoms with Gasteiger partial charge < -0.3 is 10.1 Å². The summed E-state index contributed by atoms with van der Waals surface area (Å²) in [6.45, 7) is 11.1. The van der Waals surface area contributed by atoms with Gasteiger partial charge in [-0.15, -0.1) is 24.5 Å². The molecule has 4 nitrogen and oxygen atoms in total. The highest BCUT2D eigenvalue weighted by Gasteiger charge is 2.22. The van der Waals surface area contributed by atoms with E-state index in [4.69, 9.17) is 4.74 Å². The summed E-state index contributed by atoms with van der Waals surface area (Å²) in [5, 5.41) is 4.89. The summed E-state index contributed by atoms with van der Waals surface area (Å²) in [6.07, 6.45) is 4.60. The fraction of sp³-hybridized carbons (Fsp3) is 0.444. The van der Waals surface area contributed by atoms with E-state index in [9.17, 15) is 9.59 Å². The summed E-state index contributed by atoms with van der Waals surface area (Å²) >= 11 is 1.53. The Bertz CT molecular complexity index is 524. The molecule has 5 heteroatoms. The van der Waals surface area contributed by atoms with Gasteiger partial charge in [-0.1, -0.05) is 32.1 Å². The third-order valence-electron chi connectivity index (χ3n) is 3.49. The van der Waals surface area contributed by atoms with Crippen LogP contribution in [0.5, 0.6) is 0 Å². The van der Waals surface area contributed by atoms with Crippen molar-refractivity contribution in [1.82, 2.24) is 5.32 Å². The minimum absolute atomic E-state index is 0.0708. The Morgan fingerprint density at radius 1 is 1.26 bits per heavy atom. The highest BCUT2D eigenvalue weighted by molar-refractivity contribution is 7.10. The van der Waals surface area contributed by atoms with Crippen LogP contribution in [0.2, 0.25) is 0 Å². The number of esters is 1. The summed E-state index contributed by atoms with van der Waals surface area (Å²) in [5.74, 6) is -0.740. The Kier molecular flexibility index (Phi) is 8.33. The molecule has 1 aromatic heterocycles. The largest absolute Gasteiger partial charge is 0.463 e. The lowest BCUT2D eigenvalue weighted by atomic mass is 10.1. The van der Waals surface area contributed by atoms with Crippen molar-refractivity contribution in [2.75, 3.05) is 6.61 Å². The fourth-order valence-corrected chi connectivity index (χ4v) is 2.77. The third-order valence-corrected chi connectivity index (χ3v) is 4.47. The average molecular weight is 335 g/mol. The second-order valence-electron chi connectivity index (χ2n) is 5.56. The van der Waals surface area contributed by atoms with Gasteiger partial charge in [-0.25, -0.2) is 0 Å². The van der Waals surface area contributed by atoms with E-state index in [0.717, 1.165) is 4.88 Å². The Labute approximate surface area is 142 Å². The average Bonchev–Trinajstić information content (AvgIpc) is 3.05. The summed E-state index contributed by atoms with van der Waals surface area (Å²) in [6, 6.07) is 3.51. The lowest BCUT2D eigenvalue weighted by Gasteiger charge is -2.20. The van der Waals surface area contributed by atoms with E-state index < -0.39 is 0 Å². The molecule has 0 fully saturated rings. The Hall–Kier alpha value is -1.88. The Morgan fingerprint density at radius 2 is 1.91 bits per heavy atom. The summed E-state index contributed by atoms with van der Waals surface area (Å²) in [4.78, 5) is 25.1. The quantitative estimate of drug-likeness (QED) is 0.521. The second kappa shape index (κ2) is 10.0. The molecule has 0 saturated heterocycles. The molecule has 0 saturated carbocycles. The molecule has 23 heavy (non-hydrogen) atoms. The molecule has 0 radical (unpaired) electrons. The third kappa shape index (κ3) is 6.40. The lowest BCUT2D eigenvalue weighted by Crippen LogP contribution is -2.35. The van der Waals surface area contributed by atoms with E-state index in [1.807, 2.05) is 24.4 Å². The van der Waals surface area contributed by atoms with Gasteiger partial charge in [-0.3, -0.25) is 9.59 Å². The predicted molar refractivity (Wildman–Crippen MR) is 94.1 cm³/mol. The van der Waals surface area contributed by atoms with Crippen LogP contribution in [0, 0.1) is 11.8 Å². The number of carbonyl (C=O) groups excluding carboxylic acids is 2. The van der Waals surface area contributed by atoms with Crippen molar-refractivity contribution in [3.05, 3.63) is 47.7 Å². The maximum Gasteiger partial charge on any atom is 0.309 e. The molecule has 0 aliphatic carbocycles. The van der Waals surface area contributed by atoms with Crippen molar-refractivity contribution >= 4 is 23.2 Å². The van der Waals surface area contributed by atoms with Crippen molar-refractivity contribution in [2.45, 2.75) is 32.7 Å². The first-order valence-corrected chi connectivity index (χ1v) is 8.59. The molecule has 0 aromatic carbocycles. The van der Waals surface area contributed by atoms with Crippen LogP contribution in [0.15, 0.2) is 42.8 Å². The zero-order chi connectivity index (χ0) is 17.2. The maximum atomic E-state index is 12.2. The minimum Gasteiger partial charge on any atom is -0.463 e. The van der Waals surface area contributed by atoms with Crippen LogP contribution in [0.3, 0.4) is 0 Å². The highest BCUT2D eigenvalue weighted by Crippen LogP contribution is 2.21. The number of rotatable bonds is 10. The molecular weight excluding hydrogens is 310 g/mol. The topological polar surface area (TPSA) is 55.4 Å². The SMILES string of the molecule is C=CCC(C)C(=O)NC(COC(=O)C(C)CC=C)c1cccs1. The molecular formula is C18H25NO3S. The molecule has 1 rings (SSSR count). The predicted octanol–water partition coefficient (Wildman–Crippen LogP) is 3.87. The van der Waals surface area contributed by atoms with Gasteiger partial charge in [-0.2, -0.15) is 0 Å². The van der Waals surface area contributed by atoms with Crippen LogP contribution in [-0.2, 0) is 14.3 Å². The van der Waals surface area contributed by atoms with Crippen LogP contribution in [0.1, 0.15) is 37.6 Å². The van der Waals surface area contributed by atoms with Gasteiger partial charge in [-0.05, 0) is 24.3 Å². The molecule has 3 unspecified atom stereocenters. The van der Waals surface area contributed by atoms with Crippen molar-refractivity contribution in [3.8, 4) is 0 Å². The molecule has 3 atom stereocenters. The number of ether oxygens (including phenoxy) is 1. The number of thiophene rings is 1.